The molecular weight excluding hydrogens is 351 g/mol. The van der Waals surface area contributed by atoms with Gasteiger partial charge in [0, 0.05) is 5.56 Å². The van der Waals surface area contributed by atoms with Crippen molar-refractivity contribution < 1.29 is 19.1 Å². The van der Waals surface area contributed by atoms with Crippen LogP contribution in [0.1, 0.15) is 12.5 Å². The van der Waals surface area contributed by atoms with Crippen molar-refractivity contribution in [1.82, 2.24) is 0 Å². The van der Waals surface area contributed by atoms with E-state index < -0.39 is 29.9 Å². The molecule has 3 rings (SSSR count). The number of anilines is 2. The van der Waals surface area contributed by atoms with Gasteiger partial charge in [0.05, 0.1) is 11.4 Å². The Hall–Kier alpha value is -3.55. The maximum Gasteiger partial charge on any atom is 0.323 e. The zero-order valence-corrected chi connectivity index (χ0v) is 14.4. The molecule has 7 nitrogen and oxygen atoms in total. The number of halogens is 1. The van der Waals surface area contributed by atoms with Gasteiger partial charge in [-0.2, -0.15) is 0 Å². The lowest BCUT2D eigenvalue weighted by molar-refractivity contribution is -0.137. The van der Waals surface area contributed by atoms with Crippen LogP contribution in [-0.2, 0) is 9.59 Å². The number of benzene rings is 2. The van der Waals surface area contributed by atoms with E-state index in [9.17, 15) is 9.59 Å². The molecule has 8 heteroatoms. The molecule has 0 saturated heterocycles. The fourth-order valence-corrected chi connectivity index (χ4v) is 2.93. The molecule has 1 unspecified atom stereocenters. The minimum absolute atomic E-state index is 0.122. The van der Waals surface area contributed by atoms with E-state index in [-0.39, 0.29) is 17.2 Å². The molecule has 1 atom stereocenters. The van der Waals surface area contributed by atoms with Gasteiger partial charge >= 0.3 is 5.97 Å². The van der Waals surface area contributed by atoms with Crippen molar-refractivity contribution >= 4 is 34.9 Å². The second kappa shape index (κ2) is 6.64. The zero-order chi connectivity index (χ0) is 19.8. The highest BCUT2D eigenvalue weighted by molar-refractivity contribution is 6.34. The number of amides is 1. The Morgan fingerprint density at radius 3 is 2.26 bits per heavy atom. The number of hydrogen-bond acceptors (Lipinski definition) is 4. The molecule has 0 radical (unpaired) electrons. The minimum Gasteiger partial charge on any atom is -0.480 e. The van der Waals surface area contributed by atoms with E-state index in [2.05, 4.69) is 0 Å². The van der Waals surface area contributed by atoms with E-state index >= 15 is 4.39 Å². The fourth-order valence-electron chi connectivity index (χ4n) is 2.93. The summed E-state index contributed by atoms with van der Waals surface area (Å²) in [5.74, 6) is -3.42. The molecule has 1 amide bonds. The Balaban J connectivity index is 2.23. The lowest BCUT2D eigenvalue weighted by atomic mass is 10.0. The number of rotatable bonds is 3. The van der Waals surface area contributed by atoms with Gasteiger partial charge in [0.1, 0.15) is 12.4 Å². The number of carboxylic acid groups (broad SMARTS) is 1. The summed E-state index contributed by atoms with van der Waals surface area (Å²) in [6.07, 6.45) is 0. The SMILES string of the molecule is CC1(F)C(=N)N(C(=N)c2ccccc2)c2ccccc2N(CC(=O)O)C1=O. The second-order valence-corrected chi connectivity index (χ2v) is 6.18. The monoisotopic (exact) mass is 368 g/mol. The molecule has 2 aromatic rings. The summed E-state index contributed by atoms with van der Waals surface area (Å²) >= 11 is 0. The number of carboxylic acids is 1. The number of nitrogens with one attached hydrogen (secondary N) is 2. The second-order valence-electron chi connectivity index (χ2n) is 6.18. The lowest BCUT2D eigenvalue weighted by Crippen LogP contribution is -2.54. The van der Waals surface area contributed by atoms with Crippen LogP contribution in [0.3, 0.4) is 0 Å². The number of carbonyl (C=O) groups is 2. The molecule has 27 heavy (non-hydrogen) atoms. The summed E-state index contributed by atoms with van der Waals surface area (Å²) < 4.78 is 15.4. The van der Waals surface area contributed by atoms with Crippen LogP contribution < -0.4 is 9.80 Å². The number of carbonyl (C=O) groups excluding carboxylic acids is 1. The molecule has 2 aromatic carbocycles. The normalized spacial score (nSPS) is 19.5. The van der Waals surface area contributed by atoms with Crippen LogP contribution in [0.15, 0.2) is 54.6 Å². The highest BCUT2D eigenvalue weighted by Gasteiger charge is 2.49. The van der Waals surface area contributed by atoms with Crippen molar-refractivity contribution in [3.05, 3.63) is 60.2 Å². The molecule has 0 saturated carbocycles. The van der Waals surface area contributed by atoms with Crippen LogP contribution in [-0.4, -0.2) is 40.9 Å². The standard InChI is InChI=1S/C19H17FN4O3/c1-19(20)17(22)24(16(21)12-7-3-2-4-8-12)14-10-6-5-9-13(14)23(18(19)27)11-15(25)26/h2-10,21-22H,11H2,1H3,(H,25,26). The van der Waals surface area contributed by atoms with E-state index in [0.29, 0.717) is 5.56 Å². The van der Waals surface area contributed by atoms with Crippen LogP contribution in [0.5, 0.6) is 0 Å². The molecule has 0 aliphatic carbocycles. The van der Waals surface area contributed by atoms with Gasteiger partial charge in [-0.25, -0.2) is 4.39 Å². The maximum absolute atomic E-state index is 15.4. The first kappa shape index (κ1) is 18.2. The number of alkyl halides is 1. The number of para-hydroxylation sites is 2. The number of aliphatic carboxylic acids is 1. The first-order valence-corrected chi connectivity index (χ1v) is 8.10. The smallest absolute Gasteiger partial charge is 0.323 e. The number of amidine groups is 2. The molecule has 3 N–H and O–H groups in total. The highest BCUT2D eigenvalue weighted by atomic mass is 19.1. The molecule has 0 fully saturated rings. The Labute approximate surface area is 154 Å². The van der Waals surface area contributed by atoms with Crippen molar-refractivity contribution in [2.45, 2.75) is 12.6 Å². The summed E-state index contributed by atoms with van der Waals surface area (Å²) in [4.78, 5) is 25.8. The van der Waals surface area contributed by atoms with Crippen LogP contribution >= 0.6 is 0 Å². The Kier molecular flexibility index (Phi) is 4.49. The summed E-state index contributed by atoms with van der Waals surface area (Å²) in [5, 5.41) is 26.0. The molecular formula is C19H17FN4O3. The summed E-state index contributed by atoms with van der Waals surface area (Å²) in [5.41, 5.74) is -2.08. The van der Waals surface area contributed by atoms with Crippen molar-refractivity contribution in [3.8, 4) is 0 Å². The van der Waals surface area contributed by atoms with Gasteiger partial charge in [-0.05, 0) is 19.1 Å². The van der Waals surface area contributed by atoms with E-state index in [1.165, 1.54) is 12.1 Å². The predicted octanol–water partition coefficient (Wildman–Crippen LogP) is 2.66. The average molecular weight is 368 g/mol. The summed E-state index contributed by atoms with van der Waals surface area (Å²) in [7, 11) is 0. The Morgan fingerprint density at radius 1 is 1.11 bits per heavy atom. The van der Waals surface area contributed by atoms with Gasteiger partial charge < -0.3 is 5.11 Å². The number of hydrogen-bond donors (Lipinski definition) is 3. The van der Waals surface area contributed by atoms with Crippen molar-refractivity contribution in [1.29, 1.82) is 10.8 Å². The largest absolute Gasteiger partial charge is 0.480 e. The van der Waals surface area contributed by atoms with Crippen LogP contribution in [0.4, 0.5) is 15.8 Å². The number of nitrogens with zero attached hydrogens (tertiary/aromatic N) is 2. The molecule has 1 aliphatic heterocycles. The Bertz CT molecular complexity index is 943. The lowest BCUT2D eigenvalue weighted by Gasteiger charge is -2.28. The quantitative estimate of drug-likeness (QED) is 0.572. The van der Waals surface area contributed by atoms with E-state index in [1.807, 2.05) is 0 Å². The number of fused-ring (bicyclic) bond motifs is 1. The fraction of sp³-hybridized carbons (Fsp3) is 0.158. The molecule has 0 spiro atoms. The molecule has 1 aliphatic rings. The maximum atomic E-state index is 15.4. The zero-order valence-electron chi connectivity index (χ0n) is 14.4. The first-order chi connectivity index (χ1) is 12.7. The van der Waals surface area contributed by atoms with E-state index in [4.69, 9.17) is 15.9 Å². The third-order valence-corrected chi connectivity index (χ3v) is 4.29. The summed E-state index contributed by atoms with van der Waals surface area (Å²) in [6.45, 7) is 0.152. The first-order valence-electron chi connectivity index (χ1n) is 8.10. The molecule has 0 bridgehead atoms. The van der Waals surface area contributed by atoms with Gasteiger partial charge in [0.25, 0.3) is 5.91 Å². The van der Waals surface area contributed by atoms with E-state index in [0.717, 1.165) is 16.7 Å². The third-order valence-electron chi connectivity index (χ3n) is 4.29. The highest BCUT2D eigenvalue weighted by Crippen LogP contribution is 2.38. The van der Waals surface area contributed by atoms with Crippen molar-refractivity contribution in [2.24, 2.45) is 0 Å². The molecule has 0 aromatic heterocycles. The Morgan fingerprint density at radius 2 is 1.67 bits per heavy atom. The van der Waals surface area contributed by atoms with Crippen LogP contribution in [0.25, 0.3) is 0 Å². The molecule has 1 heterocycles. The van der Waals surface area contributed by atoms with Crippen LogP contribution in [0.2, 0.25) is 0 Å². The van der Waals surface area contributed by atoms with Crippen molar-refractivity contribution in [3.63, 3.8) is 0 Å². The predicted molar refractivity (Wildman–Crippen MR) is 99.4 cm³/mol. The summed E-state index contributed by atoms with van der Waals surface area (Å²) in [6, 6.07) is 14.6. The van der Waals surface area contributed by atoms with Gasteiger partial charge in [-0.1, -0.05) is 42.5 Å². The minimum atomic E-state index is -2.81. The van der Waals surface area contributed by atoms with Gasteiger partial charge in [0.2, 0.25) is 5.67 Å². The van der Waals surface area contributed by atoms with Crippen LogP contribution in [0, 0.1) is 10.8 Å². The van der Waals surface area contributed by atoms with Crippen molar-refractivity contribution in [2.75, 3.05) is 16.3 Å². The van der Waals surface area contributed by atoms with Gasteiger partial charge in [0.15, 0.2) is 5.84 Å². The van der Waals surface area contributed by atoms with Gasteiger partial charge in [-0.3, -0.25) is 30.2 Å². The average Bonchev–Trinajstić information content (AvgIpc) is 2.71. The van der Waals surface area contributed by atoms with Gasteiger partial charge in [-0.15, -0.1) is 0 Å². The topological polar surface area (TPSA) is 109 Å². The molecule has 138 valence electrons. The third kappa shape index (κ3) is 3.05. The van der Waals surface area contributed by atoms with E-state index in [1.54, 1.807) is 42.5 Å².